The third-order valence-corrected chi connectivity index (χ3v) is 6.46. The average Bonchev–Trinajstić information content (AvgIpc) is 2.73. The molecule has 154 valence electrons. The van der Waals surface area contributed by atoms with E-state index >= 15 is 0 Å². The fourth-order valence-corrected chi connectivity index (χ4v) is 4.61. The zero-order valence-electron chi connectivity index (χ0n) is 17.8. The van der Waals surface area contributed by atoms with Gasteiger partial charge in [-0.1, -0.05) is 43.0 Å². The van der Waals surface area contributed by atoms with Gasteiger partial charge in [0, 0.05) is 25.7 Å². The average molecular weight is 385 g/mol. The van der Waals surface area contributed by atoms with Gasteiger partial charge in [0.15, 0.2) is 0 Å². The van der Waals surface area contributed by atoms with Crippen molar-refractivity contribution in [2.24, 2.45) is 0 Å². The number of piperidine rings is 1. The second-order valence-electron chi connectivity index (χ2n) is 8.70. The normalized spacial score (nSPS) is 20.4. The number of carbonyl (C=O) groups is 1. The number of ether oxygens (including phenoxy) is 1. The van der Waals surface area contributed by atoms with Crippen LogP contribution >= 0.6 is 0 Å². The van der Waals surface area contributed by atoms with Gasteiger partial charge >= 0.3 is 0 Å². The minimum absolute atomic E-state index is 0.236. The summed E-state index contributed by atoms with van der Waals surface area (Å²) in [7, 11) is 1.68. The molecular formula is C24H36N2O2. The Morgan fingerprint density at radius 3 is 2.36 bits per heavy atom. The van der Waals surface area contributed by atoms with Gasteiger partial charge in [0.05, 0.1) is 12.5 Å². The summed E-state index contributed by atoms with van der Waals surface area (Å²) < 4.78 is 5.31. The zero-order chi connectivity index (χ0) is 20.0. The molecule has 4 heteroatoms. The van der Waals surface area contributed by atoms with E-state index in [1.54, 1.807) is 7.11 Å². The predicted molar refractivity (Wildman–Crippen MR) is 115 cm³/mol. The number of nitrogens with one attached hydrogen (secondary N) is 1. The van der Waals surface area contributed by atoms with Crippen molar-refractivity contribution in [2.45, 2.75) is 70.3 Å². The lowest BCUT2D eigenvalue weighted by Crippen LogP contribution is -2.52. The van der Waals surface area contributed by atoms with Gasteiger partial charge in [0.1, 0.15) is 5.75 Å². The van der Waals surface area contributed by atoms with Crippen LogP contribution in [-0.2, 0) is 10.2 Å². The van der Waals surface area contributed by atoms with Crippen molar-refractivity contribution in [1.29, 1.82) is 0 Å². The topological polar surface area (TPSA) is 41.6 Å². The molecule has 1 N–H and O–H groups in total. The maximum atomic E-state index is 13.5. The first-order chi connectivity index (χ1) is 13.5. The maximum absolute atomic E-state index is 13.5. The molecule has 1 saturated heterocycles. The summed E-state index contributed by atoms with van der Waals surface area (Å²) >= 11 is 0. The summed E-state index contributed by atoms with van der Waals surface area (Å²) in [4.78, 5) is 16.0. The highest BCUT2D eigenvalue weighted by Crippen LogP contribution is 2.40. The molecule has 3 rings (SSSR count). The lowest BCUT2D eigenvalue weighted by molar-refractivity contribution is -0.129. The van der Waals surface area contributed by atoms with Crippen molar-refractivity contribution >= 4 is 5.91 Å². The lowest BCUT2D eigenvalue weighted by Gasteiger charge is -2.39. The highest BCUT2D eigenvalue weighted by atomic mass is 16.5. The molecule has 2 aliphatic rings. The van der Waals surface area contributed by atoms with Crippen molar-refractivity contribution < 1.29 is 9.53 Å². The molecule has 2 fully saturated rings. The first-order valence-electron chi connectivity index (χ1n) is 10.8. The number of nitrogens with zero attached hydrogens (tertiary/aromatic N) is 1. The minimum atomic E-state index is -0.371. The monoisotopic (exact) mass is 384 g/mol. The van der Waals surface area contributed by atoms with Crippen molar-refractivity contribution in [1.82, 2.24) is 10.2 Å². The number of likely N-dealkylation sites (tertiary alicyclic amines) is 1. The molecule has 0 spiro atoms. The largest absolute Gasteiger partial charge is 0.497 e. The van der Waals surface area contributed by atoms with Crippen LogP contribution < -0.4 is 10.1 Å². The van der Waals surface area contributed by atoms with E-state index in [0.717, 1.165) is 69.5 Å². The second-order valence-corrected chi connectivity index (χ2v) is 8.70. The summed E-state index contributed by atoms with van der Waals surface area (Å²) in [6.07, 6.45) is 9.76. The van der Waals surface area contributed by atoms with Gasteiger partial charge in [0.2, 0.25) is 5.91 Å². The van der Waals surface area contributed by atoms with Gasteiger partial charge in [-0.2, -0.15) is 0 Å². The van der Waals surface area contributed by atoms with Gasteiger partial charge in [-0.15, -0.1) is 0 Å². The van der Waals surface area contributed by atoms with Crippen LogP contribution in [0.2, 0.25) is 0 Å². The highest BCUT2D eigenvalue weighted by molar-refractivity contribution is 5.88. The van der Waals surface area contributed by atoms with Gasteiger partial charge in [-0.05, 0) is 57.2 Å². The summed E-state index contributed by atoms with van der Waals surface area (Å²) in [5.74, 6) is 1.08. The molecular weight excluding hydrogens is 348 g/mol. The quantitative estimate of drug-likeness (QED) is 0.737. The molecule has 1 heterocycles. The number of benzene rings is 1. The van der Waals surface area contributed by atoms with Crippen LogP contribution in [0.4, 0.5) is 0 Å². The molecule has 0 bridgehead atoms. The van der Waals surface area contributed by atoms with Crippen LogP contribution in [0.5, 0.6) is 5.75 Å². The fourth-order valence-electron chi connectivity index (χ4n) is 4.61. The van der Waals surface area contributed by atoms with Gasteiger partial charge in [-0.25, -0.2) is 0 Å². The molecule has 1 aromatic carbocycles. The van der Waals surface area contributed by atoms with Crippen LogP contribution in [0.1, 0.15) is 64.4 Å². The Morgan fingerprint density at radius 1 is 1.14 bits per heavy atom. The number of carbonyl (C=O) groups excluding carboxylic acids is 1. The number of rotatable bonds is 6. The molecule has 1 saturated carbocycles. The number of hydrogen-bond acceptors (Lipinski definition) is 3. The first-order valence-corrected chi connectivity index (χ1v) is 10.8. The maximum Gasteiger partial charge on any atom is 0.230 e. The van der Waals surface area contributed by atoms with E-state index in [-0.39, 0.29) is 11.3 Å². The van der Waals surface area contributed by atoms with E-state index in [0.29, 0.717) is 6.04 Å². The van der Waals surface area contributed by atoms with Crippen LogP contribution in [-0.4, -0.2) is 43.6 Å². The Kier molecular flexibility index (Phi) is 7.17. The van der Waals surface area contributed by atoms with E-state index < -0.39 is 0 Å². The van der Waals surface area contributed by atoms with Crippen molar-refractivity contribution in [3.63, 3.8) is 0 Å². The number of amides is 1. The molecule has 28 heavy (non-hydrogen) atoms. The van der Waals surface area contributed by atoms with E-state index in [1.807, 2.05) is 12.1 Å². The molecule has 1 aromatic rings. The number of hydrogen-bond donors (Lipinski definition) is 1. The van der Waals surface area contributed by atoms with Crippen molar-refractivity contribution in [3.8, 4) is 5.75 Å². The molecule has 4 nitrogen and oxygen atoms in total. The smallest absolute Gasteiger partial charge is 0.230 e. The third kappa shape index (κ3) is 4.96. The second kappa shape index (κ2) is 9.60. The molecule has 0 radical (unpaired) electrons. The summed E-state index contributed by atoms with van der Waals surface area (Å²) in [6.45, 7) is 7.44. The highest BCUT2D eigenvalue weighted by Gasteiger charge is 2.42. The molecule has 1 aliphatic heterocycles. The lowest BCUT2D eigenvalue weighted by atomic mass is 9.68. The predicted octanol–water partition coefficient (Wildman–Crippen LogP) is 4.44. The number of methoxy groups -OCH3 is 1. The molecule has 1 aliphatic carbocycles. The summed E-state index contributed by atoms with van der Waals surface area (Å²) in [5, 5.41) is 3.43. The van der Waals surface area contributed by atoms with Crippen LogP contribution in [0, 0.1) is 0 Å². The van der Waals surface area contributed by atoms with Crippen molar-refractivity contribution in [3.05, 3.63) is 41.5 Å². The Bertz CT molecular complexity index is 662. The fraction of sp³-hybridized carbons (Fsp3) is 0.625. The molecule has 0 unspecified atom stereocenters. The van der Waals surface area contributed by atoms with Gasteiger partial charge in [-0.3, -0.25) is 9.69 Å². The molecule has 1 amide bonds. The van der Waals surface area contributed by atoms with E-state index in [1.165, 1.54) is 12.0 Å². The number of allylic oxidation sites excluding steroid dienone is 1. The molecule has 0 atom stereocenters. The summed E-state index contributed by atoms with van der Waals surface area (Å²) in [5.41, 5.74) is 2.14. The third-order valence-electron chi connectivity index (χ3n) is 6.46. The van der Waals surface area contributed by atoms with Crippen LogP contribution in [0.3, 0.4) is 0 Å². The van der Waals surface area contributed by atoms with Crippen LogP contribution in [0.15, 0.2) is 35.9 Å². The molecule has 0 aromatic heterocycles. The van der Waals surface area contributed by atoms with E-state index in [4.69, 9.17) is 4.74 Å². The Balaban J connectivity index is 1.65. The Morgan fingerprint density at radius 2 is 1.79 bits per heavy atom. The standard InChI is InChI=1S/C24H36N2O2/c1-19(2)11-16-26-17-12-21(13-18-26)25-23(27)24(14-5-4-6-15-24)20-7-9-22(28-3)10-8-20/h7-11,21H,4-6,12-18H2,1-3H3,(H,25,27). The van der Waals surface area contributed by atoms with Gasteiger partial charge in [0.25, 0.3) is 0 Å². The van der Waals surface area contributed by atoms with Crippen LogP contribution in [0.25, 0.3) is 0 Å². The minimum Gasteiger partial charge on any atom is -0.497 e. The van der Waals surface area contributed by atoms with Crippen molar-refractivity contribution in [2.75, 3.05) is 26.7 Å². The SMILES string of the molecule is COc1ccc(C2(C(=O)NC3CCN(CC=C(C)C)CC3)CCCCC2)cc1. The van der Waals surface area contributed by atoms with E-state index in [9.17, 15) is 4.79 Å². The zero-order valence-corrected chi connectivity index (χ0v) is 17.8. The van der Waals surface area contributed by atoms with Gasteiger partial charge < -0.3 is 10.1 Å². The first kappa shape index (κ1) is 20.9. The summed E-state index contributed by atoms with van der Waals surface area (Å²) in [6, 6.07) is 8.45. The Hall–Kier alpha value is -1.81. The Labute approximate surface area is 170 Å². The van der Waals surface area contributed by atoms with E-state index in [2.05, 4.69) is 42.3 Å².